The van der Waals surface area contributed by atoms with Crippen molar-refractivity contribution in [3.63, 3.8) is 0 Å². The van der Waals surface area contributed by atoms with Gasteiger partial charge < -0.3 is 10.0 Å². The minimum absolute atomic E-state index is 0. The molecule has 4 nitrogen and oxygen atoms in total. The Kier molecular flexibility index (Phi) is 9.00. The number of aliphatic imine (C=N–C) groups is 1. The molecule has 2 aliphatic heterocycles. The average Bonchev–Trinajstić information content (AvgIpc) is 2.89. The molecule has 2 aliphatic rings. The summed E-state index contributed by atoms with van der Waals surface area (Å²) in [6, 6.07) is 16.4. The van der Waals surface area contributed by atoms with Crippen molar-refractivity contribution < 1.29 is 5.11 Å². The van der Waals surface area contributed by atoms with Gasteiger partial charge in [-0.25, -0.2) is 4.99 Å². The van der Waals surface area contributed by atoms with Gasteiger partial charge in [0, 0.05) is 43.3 Å². The van der Waals surface area contributed by atoms with E-state index in [-0.39, 0.29) is 31.4 Å². The number of hydrogen-bond acceptors (Lipinski definition) is 4. The highest BCUT2D eigenvalue weighted by Crippen LogP contribution is 2.30. The van der Waals surface area contributed by atoms with E-state index in [9.17, 15) is 5.11 Å². The fourth-order valence-corrected chi connectivity index (χ4v) is 3.84. The van der Waals surface area contributed by atoms with Crippen LogP contribution in [-0.2, 0) is 6.42 Å². The van der Waals surface area contributed by atoms with Gasteiger partial charge in [0.2, 0.25) is 0 Å². The summed E-state index contributed by atoms with van der Waals surface area (Å²) in [6.45, 7) is 4.65. The fourth-order valence-electron chi connectivity index (χ4n) is 3.71. The SMILES string of the molecule is Cl.Cl.OCCN1CCN(C2=Nc3ccccc3CC=C2c2ccc(Cl)cc2)CC1. The summed E-state index contributed by atoms with van der Waals surface area (Å²) >= 11 is 6.10. The Balaban J connectivity index is 0.00000150. The zero-order valence-corrected chi connectivity index (χ0v) is 18.5. The summed E-state index contributed by atoms with van der Waals surface area (Å²) in [4.78, 5) is 9.76. The molecule has 2 heterocycles. The van der Waals surface area contributed by atoms with Crippen LogP contribution < -0.4 is 0 Å². The number of para-hydroxylation sites is 1. The molecule has 0 radical (unpaired) electrons. The first kappa shape index (κ1) is 23.7. The van der Waals surface area contributed by atoms with Gasteiger partial charge in [-0.05, 0) is 35.7 Å². The number of allylic oxidation sites excluding steroid dienone is 1. The lowest BCUT2D eigenvalue weighted by molar-refractivity contribution is 0.148. The summed E-state index contributed by atoms with van der Waals surface area (Å²) in [5.41, 5.74) is 4.60. The molecule has 0 aromatic heterocycles. The third-order valence-corrected chi connectivity index (χ3v) is 5.48. The van der Waals surface area contributed by atoms with Crippen LogP contribution in [0.4, 0.5) is 5.69 Å². The van der Waals surface area contributed by atoms with Gasteiger partial charge in [-0.15, -0.1) is 24.8 Å². The smallest absolute Gasteiger partial charge is 0.136 e. The quantitative estimate of drug-likeness (QED) is 0.744. The molecule has 0 amide bonds. The first-order valence-electron chi connectivity index (χ1n) is 9.46. The normalized spacial score (nSPS) is 16.6. The molecule has 0 saturated carbocycles. The molecule has 1 saturated heterocycles. The molecular weight excluding hydrogens is 429 g/mol. The number of amidine groups is 1. The molecule has 29 heavy (non-hydrogen) atoms. The van der Waals surface area contributed by atoms with Crippen molar-refractivity contribution in [2.45, 2.75) is 6.42 Å². The van der Waals surface area contributed by atoms with Gasteiger partial charge in [-0.3, -0.25) is 4.90 Å². The maximum atomic E-state index is 9.19. The summed E-state index contributed by atoms with van der Waals surface area (Å²) in [6.07, 6.45) is 3.15. The molecule has 0 spiro atoms. The number of aliphatic hydroxyl groups excluding tert-OH is 1. The zero-order valence-electron chi connectivity index (χ0n) is 16.1. The van der Waals surface area contributed by atoms with Crippen molar-refractivity contribution in [3.8, 4) is 0 Å². The van der Waals surface area contributed by atoms with Gasteiger partial charge in [0.25, 0.3) is 0 Å². The minimum atomic E-state index is 0. The molecule has 2 aromatic rings. The van der Waals surface area contributed by atoms with Crippen molar-refractivity contribution in [1.82, 2.24) is 9.80 Å². The third kappa shape index (κ3) is 5.53. The Morgan fingerprint density at radius 1 is 0.931 bits per heavy atom. The molecule has 0 bridgehead atoms. The number of aliphatic hydroxyl groups is 1. The number of halogens is 3. The molecule has 0 unspecified atom stereocenters. The molecule has 1 fully saturated rings. The van der Waals surface area contributed by atoms with Crippen LogP contribution >= 0.6 is 36.4 Å². The van der Waals surface area contributed by atoms with E-state index in [0.29, 0.717) is 0 Å². The highest BCUT2D eigenvalue weighted by Gasteiger charge is 2.24. The summed E-state index contributed by atoms with van der Waals surface area (Å²) in [7, 11) is 0. The van der Waals surface area contributed by atoms with Crippen molar-refractivity contribution >= 4 is 53.5 Å². The van der Waals surface area contributed by atoms with E-state index < -0.39 is 0 Å². The second kappa shape index (κ2) is 11.0. The number of rotatable bonds is 3. The lowest BCUT2D eigenvalue weighted by Gasteiger charge is -2.36. The Hall–Kier alpha value is -1.56. The van der Waals surface area contributed by atoms with E-state index in [1.807, 2.05) is 18.2 Å². The van der Waals surface area contributed by atoms with Crippen LogP contribution in [0.3, 0.4) is 0 Å². The number of benzene rings is 2. The Labute approximate surface area is 189 Å². The second-order valence-corrected chi connectivity index (χ2v) is 7.38. The maximum absolute atomic E-state index is 9.19. The van der Waals surface area contributed by atoms with Gasteiger partial charge in [0.15, 0.2) is 0 Å². The van der Waals surface area contributed by atoms with Crippen molar-refractivity contribution in [2.24, 2.45) is 4.99 Å². The number of nitrogens with zero attached hydrogens (tertiary/aromatic N) is 3. The number of fused-ring (bicyclic) bond motifs is 1. The lowest BCUT2D eigenvalue weighted by atomic mass is 10.0. The van der Waals surface area contributed by atoms with E-state index in [1.165, 1.54) is 11.1 Å². The topological polar surface area (TPSA) is 39.1 Å². The van der Waals surface area contributed by atoms with Crippen LogP contribution in [0.5, 0.6) is 0 Å². The Morgan fingerprint density at radius 2 is 1.62 bits per heavy atom. The van der Waals surface area contributed by atoms with Gasteiger partial charge >= 0.3 is 0 Å². The molecule has 2 aromatic carbocycles. The van der Waals surface area contributed by atoms with Gasteiger partial charge in [-0.2, -0.15) is 0 Å². The molecule has 0 aliphatic carbocycles. The number of piperazine rings is 1. The molecule has 4 rings (SSSR count). The van der Waals surface area contributed by atoms with E-state index >= 15 is 0 Å². The highest BCUT2D eigenvalue weighted by molar-refractivity contribution is 6.30. The summed E-state index contributed by atoms with van der Waals surface area (Å²) in [5.74, 6) is 1.03. The number of β-amino-alcohol motifs (C(OH)–C–C–N with tert-alkyl or cyclic N) is 1. The maximum Gasteiger partial charge on any atom is 0.136 e. The third-order valence-electron chi connectivity index (χ3n) is 5.23. The van der Waals surface area contributed by atoms with Gasteiger partial charge in [-0.1, -0.05) is 48.0 Å². The van der Waals surface area contributed by atoms with E-state index in [1.54, 1.807) is 0 Å². The first-order valence-corrected chi connectivity index (χ1v) is 9.83. The first-order chi connectivity index (χ1) is 13.2. The standard InChI is InChI=1S/C22H24ClN3O.2ClH/c23-19-8-5-17(6-9-19)20-10-7-18-3-1-2-4-21(18)24-22(20)26-13-11-25(12-14-26)15-16-27;;/h1-6,8-10,27H,7,11-16H2;2*1H. The number of hydrogen-bond donors (Lipinski definition) is 1. The second-order valence-electron chi connectivity index (χ2n) is 6.95. The van der Waals surface area contributed by atoms with Gasteiger partial charge in [0.05, 0.1) is 12.3 Å². The molecule has 0 atom stereocenters. The van der Waals surface area contributed by atoms with Crippen LogP contribution in [0.1, 0.15) is 11.1 Å². The van der Waals surface area contributed by atoms with Crippen LogP contribution in [0.25, 0.3) is 5.57 Å². The van der Waals surface area contributed by atoms with E-state index in [0.717, 1.165) is 61.3 Å². The van der Waals surface area contributed by atoms with Crippen LogP contribution in [-0.4, -0.2) is 60.1 Å². The van der Waals surface area contributed by atoms with Crippen LogP contribution in [0.15, 0.2) is 59.6 Å². The van der Waals surface area contributed by atoms with Crippen molar-refractivity contribution in [1.29, 1.82) is 0 Å². The van der Waals surface area contributed by atoms with Gasteiger partial charge in [0.1, 0.15) is 5.84 Å². The predicted molar refractivity (Wildman–Crippen MR) is 126 cm³/mol. The minimum Gasteiger partial charge on any atom is -0.395 e. The largest absolute Gasteiger partial charge is 0.395 e. The lowest BCUT2D eigenvalue weighted by Crippen LogP contribution is -2.49. The fraction of sp³-hybridized carbons (Fsp3) is 0.318. The highest BCUT2D eigenvalue weighted by atomic mass is 35.5. The Morgan fingerprint density at radius 3 is 2.31 bits per heavy atom. The van der Waals surface area contributed by atoms with Crippen molar-refractivity contribution in [3.05, 3.63) is 70.8 Å². The molecular formula is C22H26Cl3N3O. The molecule has 1 N–H and O–H groups in total. The molecule has 7 heteroatoms. The van der Waals surface area contributed by atoms with Crippen molar-refractivity contribution in [2.75, 3.05) is 39.3 Å². The summed E-state index contributed by atoms with van der Waals surface area (Å²) < 4.78 is 0. The summed E-state index contributed by atoms with van der Waals surface area (Å²) in [5, 5.41) is 9.94. The monoisotopic (exact) mass is 453 g/mol. The van der Waals surface area contributed by atoms with E-state index in [4.69, 9.17) is 16.6 Å². The average molecular weight is 455 g/mol. The molecule has 156 valence electrons. The Bertz CT molecular complexity index is 860. The predicted octanol–water partition coefficient (Wildman–Crippen LogP) is 4.46. The van der Waals surface area contributed by atoms with Crippen LogP contribution in [0.2, 0.25) is 5.02 Å². The zero-order chi connectivity index (χ0) is 18.6. The van der Waals surface area contributed by atoms with E-state index in [2.05, 4.69) is 46.2 Å². The van der Waals surface area contributed by atoms with Crippen LogP contribution in [0, 0.1) is 0 Å².